The number of esters is 3. The summed E-state index contributed by atoms with van der Waals surface area (Å²) in [4.78, 5) is 68.1. The van der Waals surface area contributed by atoms with Crippen molar-refractivity contribution in [3.8, 4) is 0 Å². The first-order chi connectivity index (χ1) is 18.4. The summed E-state index contributed by atoms with van der Waals surface area (Å²) in [5.74, 6) is -3.01. The molecule has 13 nitrogen and oxygen atoms in total. The highest BCUT2D eigenvalue weighted by molar-refractivity contribution is 6.54. The average molecular weight is 548 g/mol. The van der Waals surface area contributed by atoms with E-state index in [1.807, 2.05) is 26.0 Å². The van der Waals surface area contributed by atoms with Gasteiger partial charge in [-0.25, -0.2) is 0 Å². The summed E-state index contributed by atoms with van der Waals surface area (Å²) >= 11 is 0. The van der Waals surface area contributed by atoms with Gasteiger partial charge in [0.1, 0.15) is 18.8 Å². The molecule has 1 N–H and O–H groups in total. The Morgan fingerprint density at radius 2 is 1.69 bits per heavy atom. The maximum absolute atomic E-state index is 13.2. The Hall–Kier alpha value is -4.00. The van der Waals surface area contributed by atoms with Gasteiger partial charge in [0.2, 0.25) is 5.91 Å². The second-order valence-electron chi connectivity index (χ2n) is 9.24. The van der Waals surface area contributed by atoms with Crippen molar-refractivity contribution in [1.82, 2.24) is 5.32 Å². The Kier molecular flexibility index (Phi) is 9.62. The molecule has 1 saturated heterocycles. The van der Waals surface area contributed by atoms with Crippen molar-refractivity contribution in [3.05, 3.63) is 29.3 Å². The number of ether oxygens (including phenoxy) is 4. The lowest BCUT2D eigenvalue weighted by Crippen LogP contribution is -2.66. The lowest BCUT2D eigenvalue weighted by Gasteiger charge is -2.43. The van der Waals surface area contributed by atoms with Gasteiger partial charge >= 0.3 is 17.9 Å². The number of nitrogens with zero attached hydrogens (tertiary/aromatic N) is 2. The van der Waals surface area contributed by atoms with Gasteiger partial charge in [0.05, 0.1) is 5.69 Å². The molecular formula is C26H33N3O10. The van der Waals surface area contributed by atoms with Gasteiger partial charge in [0.25, 0.3) is 12.2 Å². The largest absolute Gasteiger partial charge is 0.463 e. The number of carbonyl (C=O) groups excluding carboxylic acids is 5. The van der Waals surface area contributed by atoms with Crippen molar-refractivity contribution < 1.29 is 47.8 Å². The third-order valence-corrected chi connectivity index (χ3v) is 5.91. The van der Waals surface area contributed by atoms with Gasteiger partial charge in [-0.05, 0) is 25.5 Å². The molecule has 0 spiro atoms. The number of rotatable bonds is 9. The third kappa shape index (κ3) is 7.11. The fourth-order valence-electron chi connectivity index (χ4n) is 4.45. The number of hydrogen-bond donors (Lipinski definition) is 1. The minimum Gasteiger partial charge on any atom is -0.463 e. The summed E-state index contributed by atoms with van der Waals surface area (Å²) in [6.07, 6.45) is -4.46. The van der Waals surface area contributed by atoms with E-state index in [4.69, 9.17) is 23.8 Å². The lowest BCUT2D eigenvalue weighted by molar-refractivity contribution is -0.278. The first kappa shape index (κ1) is 29.6. The summed E-state index contributed by atoms with van der Waals surface area (Å²) in [5.41, 5.74) is 2.16. The monoisotopic (exact) mass is 547 g/mol. The first-order valence-corrected chi connectivity index (χ1v) is 12.5. The quantitative estimate of drug-likeness (QED) is 0.270. The lowest BCUT2D eigenvalue weighted by atomic mass is 9.96. The summed E-state index contributed by atoms with van der Waals surface area (Å²) in [6.45, 7) is 8.58. The normalized spacial score (nSPS) is 25.1. The van der Waals surface area contributed by atoms with Crippen LogP contribution in [0.1, 0.15) is 52.2 Å². The van der Waals surface area contributed by atoms with Crippen LogP contribution in [0, 0.1) is 6.92 Å². The Morgan fingerprint density at radius 3 is 2.28 bits per heavy atom. The van der Waals surface area contributed by atoms with Crippen LogP contribution < -0.4 is 10.2 Å². The molecule has 1 aromatic rings. The molecule has 1 aromatic carbocycles. The van der Waals surface area contributed by atoms with Crippen LogP contribution in [0.5, 0.6) is 0 Å². The van der Waals surface area contributed by atoms with Crippen LogP contribution in [0.4, 0.5) is 5.69 Å². The summed E-state index contributed by atoms with van der Waals surface area (Å²) in [6, 6.07) is 4.30. The van der Waals surface area contributed by atoms with Crippen molar-refractivity contribution in [2.45, 2.75) is 78.6 Å². The highest BCUT2D eigenvalue weighted by Gasteiger charge is 2.52. The Balaban J connectivity index is 2.02. The van der Waals surface area contributed by atoms with Crippen LogP contribution in [0.3, 0.4) is 0 Å². The zero-order valence-corrected chi connectivity index (χ0v) is 22.7. The number of anilines is 1. The number of hydrogen-bond acceptors (Lipinski definition) is 11. The molecule has 212 valence electrons. The van der Waals surface area contributed by atoms with Crippen LogP contribution in [-0.2, 0) is 47.8 Å². The summed E-state index contributed by atoms with van der Waals surface area (Å²) in [5, 5.41) is 6.71. The molecule has 0 bridgehead atoms. The van der Waals surface area contributed by atoms with Crippen LogP contribution in [0.25, 0.3) is 0 Å². The van der Waals surface area contributed by atoms with Crippen molar-refractivity contribution in [1.29, 1.82) is 0 Å². The maximum atomic E-state index is 13.2. The van der Waals surface area contributed by atoms with E-state index in [2.05, 4.69) is 10.5 Å². The number of amides is 2. The van der Waals surface area contributed by atoms with E-state index in [1.165, 1.54) is 13.8 Å². The molecule has 0 saturated carbocycles. The molecule has 2 heterocycles. The first-order valence-electron chi connectivity index (χ1n) is 12.5. The Bertz CT molecular complexity index is 1170. The van der Waals surface area contributed by atoms with E-state index in [9.17, 15) is 24.0 Å². The van der Waals surface area contributed by atoms with Crippen LogP contribution in [-0.4, -0.2) is 79.2 Å². The second kappa shape index (κ2) is 12.7. The molecule has 1 fully saturated rings. The van der Waals surface area contributed by atoms with Crippen LogP contribution >= 0.6 is 0 Å². The number of benzene rings is 1. The minimum absolute atomic E-state index is 0.0232. The summed E-state index contributed by atoms with van der Waals surface area (Å²) < 4.78 is 21.8. The molecule has 0 aromatic heterocycles. The topological polar surface area (TPSA) is 159 Å². The highest BCUT2D eigenvalue weighted by Crippen LogP contribution is 2.32. The SMILES string of the molecule is CCCN1C(=O)/C(=N\O[C@@H]2O[C@H](COC(C)=O)[C@H](OC(C)=O)[C@@H](OC(C)=O)[C@@H]2NC(C)=O)c2cc(C)ccc21. The van der Waals surface area contributed by atoms with Gasteiger partial charge in [0, 0.05) is 39.8 Å². The molecule has 2 aliphatic heterocycles. The minimum atomic E-state index is -1.43. The third-order valence-electron chi connectivity index (χ3n) is 5.91. The molecule has 5 atom stereocenters. The number of aryl methyl sites for hydroxylation is 1. The van der Waals surface area contributed by atoms with Gasteiger partial charge < -0.3 is 34.0 Å². The van der Waals surface area contributed by atoms with Crippen molar-refractivity contribution >= 4 is 41.1 Å². The molecule has 0 unspecified atom stereocenters. The molecule has 2 amide bonds. The fraction of sp³-hybridized carbons (Fsp3) is 0.538. The van der Waals surface area contributed by atoms with E-state index in [-0.39, 0.29) is 18.2 Å². The van der Waals surface area contributed by atoms with Crippen molar-refractivity contribution in [3.63, 3.8) is 0 Å². The maximum Gasteiger partial charge on any atom is 0.303 e. The van der Waals surface area contributed by atoms with E-state index in [0.29, 0.717) is 24.2 Å². The Morgan fingerprint density at radius 1 is 1.03 bits per heavy atom. The van der Waals surface area contributed by atoms with Gasteiger partial charge in [-0.1, -0.05) is 23.7 Å². The van der Waals surface area contributed by atoms with Gasteiger partial charge in [-0.2, -0.15) is 0 Å². The Labute approximate surface area is 225 Å². The number of oxime groups is 1. The van der Waals surface area contributed by atoms with Gasteiger partial charge in [-0.3, -0.25) is 24.0 Å². The van der Waals surface area contributed by atoms with Crippen LogP contribution in [0.2, 0.25) is 0 Å². The molecule has 2 aliphatic rings. The summed E-state index contributed by atoms with van der Waals surface area (Å²) in [7, 11) is 0. The fourth-order valence-corrected chi connectivity index (χ4v) is 4.45. The number of carbonyl (C=O) groups is 5. The van der Waals surface area contributed by atoms with E-state index < -0.39 is 54.5 Å². The molecular weight excluding hydrogens is 514 g/mol. The van der Waals surface area contributed by atoms with E-state index in [1.54, 1.807) is 11.0 Å². The van der Waals surface area contributed by atoms with Gasteiger partial charge in [-0.15, -0.1) is 0 Å². The predicted octanol–water partition coefficient (Wildman–Crippen LogP) is 1.13. The molecule has 3 rings (SSSR count). The van der Waals surface area contributed by atoms with E-state index in [0.717, 1.165) is 19.4 Å². The smallest absolute Gasteiger partial charge is 0.303 e. The molecule has 0 aliphatic carbocycles. The average Bonchev–Trinajstić information content (AvgIpc) is 3.09. The standard InChI is InChI=1S/C26H33N3O10/c1-7-10-29-19-9-8-13(2)11-18(19)21(25(29)34)28-39-26-22(27-14(3)30)24(37-17(6)33)23(36-16(5)32)20(38-26)12-35-15(4)31/h8-9,11,20,22-24,26H,7,10,12H2,1-6H3,(H,27,30)/b28-21-/t20-,22+,23+,24+,26+/m1/s1. The second-order valence-corrected chi connectivity index (χ2v) is 9.24. The van der Waals surface area contributed by atoms with Crippen molar-refractivity contribution in [2.75, 3.05) is 18.1 Å². The molecule has 39 heavy (non-hydrogen) atoms. The molecule has 0 radical (unpaired) electrons. The zero-order valence-electron chi connectivity index (χ0n) is 22.7. The predicted molar refractivity (Wildman–Crippen MR) is 135 cm³/mol. The van der Waals surface area contributed by atoms with Gasteiger partial charge in [0.15, 0.2) is 17.9 Å². The number of nitrogens with one attached hydrogen (secondary N) is 1. The molecule has 13 heteroatoms. The highest BCUT2D eigenvalue weighted by atomic mass is 16.8. The van der Waals surface area contributed by atoms with Crippen LogP contribution in [0.15, 0.2) is 23.4 Å². The van der Waals surface area contributed by atoms with Crippen molar-refractivity contribution in [2.24, 2.45) is 5.16 Å². The zero-order chi connectivity index (χ0) is 28.9. The number of fused-ring (bicyclic) bond motifs is 1. The van der Waals surface area contributed by atoms with E-state index >= 15 is 0 Å².